The second kappa shape index (κ2) is 18.7. The van der Waals surface area contributed by atoms with Gasteiger partial charge in [0.15, 0.2) is 5.96 Å². The highest BCUT2D eigenvalue weighted by molar-refractivity contribution is 5.93. The van der Waals surface area contributed by atoms with Crippen LogP contribution in [0.1, 0.15) is 50.5 Å². The Hall–Kier alpha value is -3.51. The molecule has 0 saturated carbocycles. The Labute approximate surface area is 218 Å². The first-order chi connectivity index (χ1) is 17.8. The Morgan fingerprint density at radius 2 is 1.43 bits per heavy atom. The van der Waals surface area contributed by atoms with Gasteiger partial charge in [0.2, 0.25) is 17.7 Å². The van der Waals surface area contributed by atoms with E-state index in [1.54, 1.807) is 0 Å². The van der Waals surface area contributed by atoms with Crippen LogP contribution in [-0.2, 0) is 25.6 Å². The van der Waals surface area contributed by atoms with Crippen LogP contribution in [0.4, 0.5) is 0 Å². The number of hydrogen-bond donors (Lipinski definition) is 7. The summed E-state index contributed by atoms with van der Waals surface area (Å²) < 4.78 is 0. The van der Waals surface area contributed by atoms with Crippen LogP contribution in [-0.4, -0.2) is 67.7 Å². The van der Waals surface area contributed by atoms with E-state index in [0.717, 1.165) is 5.56 Å². The molecule has 0 radical (unpaired) electrons. The number of benzene rings is 1. The van der Waals surface area contributed by atoms with Gasteiger partial charge in [0.25, 0.3) is 0 Å². The van der Waals surface area contributed by atoms with E-state index in [1.165, 1.54) is 0 Å². The fourth-order valence-corrected chi connectivity index (χ4v) is 3.63. The summed E-state index contributed by atoms with van der Waals surface area (Å²) in [6, 6.07) is 6.66. The molecule has 37 heavy (non-hydrogen) atoms. The Balaban J connectivity index is 2.84. The number of carbonyl (C=O) groups is 4. The molecule has 0 aliphatic carbocycles. The highest BCUT2D eigenvalue weighted by Gasteiger charge is 2.27. The number of nitrogens with zero attached hydrogens (tertiary/aromatic N) is 1. The van der Waals surface area contributed by atoms with Crippen LogP contribution in [0.25, 0.3) is 0 Å². The quantitative estimate of drug-likeness (QED) is 0.0509. The SMILES string of the molecule is NCCCC[C@H](NC(=O)[C@H](CCCN)NC(=O)Cc1ccccc1)C(=O)N[C@H](C=O)CCCN=C(N)N. The number of amides is 3. The van der Waals surface area contributed by atoms with Crippen LogP contribution in [0.3, 0.4) is 0 Å². The number of rotatable bonds is 19. The molecule has 3 amide bonds. The van der Waals surface area contributed by atoms with Gasteiger partial charge in [-0.25, -0.2) is 0 Å². The lowest BCUT2D eigenvalue weighted by Gasteiger charge is -2.24. The van der Waals surface area contributed by atoms with Crippen molar-refractivity contribution in [3.8, 4) is 0 Å². The predicted octanol–water partition coefficient (Wildman–Crippen LogP) is -1.20. The van der Waals surface area contributed by atoms with E-state index < -0.39 is 29.9 Å². The zero-order valence-corrected chi connectivity index (χ0v) is 21.4. The van der Waals surface area contributed by atoms with Gasteiger partial charge in [0.05, 0.1) is 12.5 Å². The molecular formula is C25H42N8O4. The van der Waals surface area contributed by atoms with Gasteiger partial charge >= 0.3 is 0 Å². The second-order valence-electron chi connectivity index (χ2n) is 8.76. The molecule has 0 aliphatic rings. The van der Waals surface area contributed by atoms with Gasteiger partial charge in [-0.15, -0.1) is 0 Å². The van der Waals surface area contributed by atoms with E-state index in [0.29, 0.717) is 70.9 Å². The number of guanidine groups is 1. The molecule has 0 bridgehead atoms. The van der Waals surface area contributed by atoms with Crippen LogP contribution >= 0.6 is 0 Å². The number of hydrogen-bond acceptors (Lipinski definition) is 7. The van der Waals surface area contributed by atoms with Gasteiger partial charge in [-0.05, 0) is 63.6 Å². The van der Waals surface area contributed by atoms with E-state index in [-0.39, 0.29) is 18.3 Å². The minimum atomic E-state index is -0.898. The summed E-state index contributed by atoms with van der Waals surface area (Å²) in [6.45, 7) is 1.11. The van der Waals surface area contributed by atoms with Gasteiger partial charge in [0.1, 0.15) is 18.4 Å². The number of carbonyl (C=O) groups excluding carboxylic acids is 4. The van der Waals surface area contributed by atoms with Crippen molar-refractivity contribution in [3.63, 3.8) is 0 Å². The zero-order valence-electron chi connectivity index (χ0n) is 21.4. The lowest BCUT2D eigenvalue weighted by atomic mass is 10.0. The number of nitrogens with two attached hydrogens (primary N) is 4. The molecule has 0 spiro atoms. The van der Waals surface area contributed by atoms with Crippen LogP contribution < -0.4 is 38.9 Å². The van der Waals surface area contributed by atoms with Crippen molar-refractivity contribution >= 4 is 30.0 Å². The van der Waals surface area contributed by atoms with Crippen molar-refractivity contribution in [2.45, 2.75) is 69.5 Å². The first-order valence-corrected chi connectivity index (χ1v) is 12.7. The van der Waals surface area contributed by atoms with Crippen LogP contribution in [0.2, 0.25) is 0 Å². The van der Waals surface area contributed by atoms with E-state index in [1.807, 2.05) is 30.3 Å². The molecule has 1 aromatic rings. The molecule has 3 atom stereocenters. The molecule has 206 valence electrons. The van der Waals surface area contributed by atoms with Gasteiger partial charge < -0.3 is 43.7 Å². The maximum Gasteiger partial charge on any atom is 0.243 e. The maximum absolute atomic E-state index is 13.1. The molecule has 0 fully saturated rings. The summed E-state index contributed by atoms with van der Waals surface area (Å²) in [7, 11) is 0. The average molecular weight is 519 g/mol. The van der Waals surface area contributed by atoms with Crippen molar-refractivity contribution in [3.05, 3.63) is 35.9 Å². The lowest BCUT2D eigenvalue weighted by molar-refractivity contribution is -0.132. The predicted molar refractivity (Wildman–Crippen MR) is 143 cm³/mol. The monoisotopic (exact) mass is 518 g/mol. The summed E-state index contributed by atoms with van der Waals surface area (Å²) in [5.41, 5.74) is 22.6. The fourth-order valence-electron chi connectivity index (χ4n) is 3.63. The van der Waals surface area contributed by atoms with Crippen molar-refractivity contribution in [2.24, 2.45) is 27.9 Å². The number of aliphatic imine (C=N–C) groups is 1. The van der Waals surface area contributed by atoms with Gasteiger partial charge in [-0.1, -0.05) is 30.3 Å². The first kappa shape index (κ1) is 31.5. The molecule has 0 heterocycles. The molecule has 0 aliphatic heterocycles. The topological polar surface area (TPSA) is 221 Å². The first-order valence-electron chi connectivity index (χ1n) is 12.7. The van der Waals surface area contributed by atoms with Crippen molar-refractivity contribution in [2.75, 3.05) is 19.6 Å². The largest absolute Gasteiger partial charge is 0.370 e. The second-order valence-corrected chi connectivity index (χ2v) is 8.76. The summed E-state index contributed by atoms with van der Waals surface area (Å²) >= 11 is 0. The average Bonchev–Trinajstić information content (AvgIpc) is 2.87. The van der Waals surface area contributed by atoms with Gasteiger partial charge in [-0.2, -0.15) is 0 Å². The third kappa shape index (κ3) is 14.0. The normalized spacial score (nSPS) is 13.0. The molecule has 0 unspecified atom stereocenters. The van der Waals surface area contributed by atoms with Crippen LogP contribution in [0.5, 0.6) is 0 Å². The third-order valence-corrected chi connectivity index (χ3v) is 5.60. The zero-order chi connectivity index (χ0) is 27.5. The molecule has 12 nitrogen and oxygen atoms in total. The highest BCUT2D eigenvalue weighted by atomic mass is 16.2. The minimum Gasteiger partial charge on any atom is -0.370 e. The van der Waals surface area contributed by atoms with E-state index in [2.05, 4.69) is 20.9 Å². The molecule has 0 aromatic heterocycles. The van der Waals surface area contributed by atoms with E-state index >= 15 is 0 Å². The van der Waals surface area contributed by atoms with Gasteiger partial charge in [-0.3, -0.25) is 19.4 Å². The van der Waals surface area contributed by atoms with E-state index in [9.17, 15) is 19.2 Å². The molecule has 12 heteroatoms. The Morgan fingerprint density at radius 1 is 0.811 bits per heavy atom. The Bertz CT molecular complexity index is 862. The van der Waals surface area contributed by atoms with Crippen molar-refractivity contribution in [1.82, 2.24) is 16.0 Å². The third-order valence-electron chi connectivity index (χ3n) is 5.60. The van der Waals surface area contributed by atoms with Crippen molar-refractivity contribution in [1.29, 1.82) is 0 Å². The molecule has 11 N–H and O–H groups in total. The Morgan fingerprint density at radius 3 is 2.05 bits per heavy atom. The fraction of sp³-hybridized carbons (Fsp3) is 0.560. The maximum atomic E-state index is 13.1. The summed E-state index contributed by atoms with van der Waals surface area (Å²) in [4.78, 5) is 54.1. The number of unbranched alkanes of at least 4 members (excludes halogenated alkanes) is 1. The van der Waals surface area contributed by atoms with Crippen LogP contribution in [0.15, 0.2) is 35.3 Å². The standard InChI is InChI=1S/C25H42N8O4/c26-13-5-4-11-21(23(36)31-19(17-34)10-7-15-30-25(28)29)33-24(37)20(12-6-14-27)32-22(35)16-18-8-2-1-3-9-18/h1-3,8-9,17,19-21H,4-7,10-16,26-27H2,(H,31,36)(H,32,35)(H,33,37)(H4,28,29,30)/t19-,20-,21-/m0/s1. The molecule has 1 aromatic carbocycles. The lowest BCUT2D eigenvalue weighted by Crippen LogP contribution is -2.55. The summed E-state index contributed by atoms with van der Waals surface area (Å²) in [5.74, 6) is -1.33. The number of aldehydes is 1. The van der Waals surface area contributed by atoms with Crippen molar-refractivity contribution < 1.29 is 19.2 Å². The summed E-state index contributed by atoms with van der Waals surface area (Å²) in [5, 5.41) is 8.18. The molecule has 1 rings (SSSR count). The highest BCUT2D eigenvalue weighted by Crippen LogP contribution is 2.06. The van der Waals surface area contributed by atoms with Gasteiger partial charge in [0, 0.05) is 6.54 Å². The Kier molecular flexibility index (Phi) is 15.9. The molecule has 0 saturated heterocycles. The number of nitrogens with one attached hydrogen (secondary N) is 3. The van der Waals surface area contributed by atoms with Crippen LogP contribution in [0, 0.1) is 0 Å². The molecular weight excluding hydrogens is 476 g/mol. The minimum absolute atomic E-state index is 0.0468. The summed E-state index contributed by atoms with van der Waals surface area (Å²) in [6.07, 6.45) is 4.01. The smallest absolute Gasteiger partial charge is 0.243 e. The van der Waals surface area contributed by atoms with E-state index in [4.69, 9.17) is 22.9 Å².